The second-order valence-corrected chi connectivity index (χ2v) is 5.22. The predicted molar refractivity (Wildman–Crippen MR) is 81.6 cm³/mol. The standard InChI is InChI=1S/C14H15ClN4O2/c1-9(2)12-13(15)17-8-18-14(12)16-7-10-4-3-5-11(6-10)19(20)21/h3-6,8-9H,7H2,1-2H3,(H,16,17,18). The van der Waals surface area contributed by atoms with Gasteiger partial charge in [-0.3, -0.25) is 10.1 Å². The van der Waals surface area contributed by atoms with Gasteiger partial charge < -0.3 is 5.32 Å². The molecule has 0 unspecified atom stereocenters. The summed E-state index contributed by atoms with van der Waals surface area (Å²) in [6.45, 7) is 4.43. The van der Waals surface area contributed by atoms with Crippen molar-refractivity contribution in [2.75, 3.05) is 5.32 Å². The van der Waals surface area contributed by atoms with E-state index in [1.165, 1.54) is 18.5 Å². The van der Waals surface area contributed by atoms with Gasteiger partial charge in [-0.25, -0.2) is 9.97 Å². The van der Waals surface area contributed by atoms with Crippen molar-refractivity contribution >= 4 is 23.1 Å². The van der Waals surface area contributed by atoms with Crippen LogP contribution >= 0.6 is 11.6 Å². The molecule has 0 aliphatic rings. The number of nitro groups is 1. The summed E-state index contributed by atoms with van der Waals surface area (Å²) in [7, 11) is 0. The maximum absolute atomic E-state index is 10.8. The van der Waals surface area contributed by atoms with E-state index in [-0.39, 0.29) is 11.6 Å². The molecule has 6 nitrogen and oxygen atoms in total. The maximum Gasteiger partial charge on any atom is 0.269 e. The van der Waals surface area contributed by atoms with E-state index in [0.717, 1.165) is 11.1 Å². The number of nitro benzene ring substituents is 1. The average Bonchev–Trinajstić information content (AvgIpc) is 2.45. The van der Waals surface area contributed by atoms with Crippen molar-refractivity contribution in [3.05, 3.63) is 57.0 Å². The van der Waals surface area contributed by atoms with Crippen LogP contribution in [0.4, 0.5) is 11.5 Å². The van der Waals surface area contributed by atoms with Gasteiger partial charge in [0.15, 0.2) is 0 Å². The highest BCUT2D eigenvalue weighted by atomic mass is 35.5. The lowest BCUT2D eigenvalue weighted by molar-refractivity contribution is -0.384. The highest BCUT2D eigenvalue weighted by Gasteiger charge is 2.13. The molecule has 1 aromatic carbocycles. The Labute approximate surface area is 127 Å². The van der Waals surface area contributed by atoms with Gasteiger partial charge in [0, 0.05) is 24.2 Å². The Morgan fingerprint density at radius 1 is 1.38 bits per heavy atom. The Morgan fingerprint density at radius 3 is 2.81 bits per heavy atom. The van der Waals surface area contributed by atoms with E-state index in [1.54, 1.807) is 6.07 Å². The number of hydrogen-bond acceptors (Lipinski definition) is 5. The third-order valence-electron chi connectivity index (χ3n) is 2.99. The summed E-state index contributed by atoms with van der Waals surface area (Å²) in [5, 5.41) is 14.3. The summed E-state index contributed by atoms with van der Waals surface area (Å²) < 4.78 is 0. The molecule has 0 saturated carbocycles. The van der Waals surface area contributed by atoms with E-state index in [0.29, 0.717) is 17.5 Å². The fraction of sp³-hybridized carbons (Fsp3) is 0.286. The molecule has 110 valence electrons. The van der Waals surface area contributed by atoms with Gasteiger partial charge in [0.25, 0.3) is 5.69 Å². The van der Waals surface area contributed by atoms with Gasteiger partial charge in [0.1, 0.15) is 17.3 Å². The Morgan fingerprint density at radius 2 is 2.14 bits per heavy atom. The molecule has 0 bridgehead atoms. The van der Waals surface area contributed by atoms with Crippen molar-refractivity contribution in [3.8, 4) is 0 Å². The highest BCUT2D eigenvalue weighted by Crippen LogP contribution is 2.28. The normalized spacial score (nSPS) is 10.7. The summed E-state index contributed by atoms with van der Waals surface area (Å²) >= 11 is 6.09. The van der Waals surface area contributed by atoms with Gasteiger partial charge >= 0.3 is 0 Å². The highest BCUT2D eigenvalue weighted by molar-refractivity contribution is 6.30. The van der Waals surface area contributed by atoms with Crippen LogP contribution in [-0.4, -0.2) is 14.9 Å². The lowest BCUT2D eigenvalue weighted by Gasteiger charge is -2.14. The van der Waals surface area contributed by atoms with Crippen LogP contribution in [0.15, 0.2) is 30.6 Å². The summed E-state index contributed by atoms with van der Waals surface area (Å²) in [6.07, 6.45) is 1.39. The van der Waals surface area contributed by atoms with Crippen molar-refractivity contribution in [1.29, 1.82) is 0 Å². The summed E-state index contributed by atoms with van der Waals surface area (Å²) in [6, 6.07) is 6.47. The number of hydrogen-bond donors (Lipinski definition) is 1. The first-order valence-electron chi connectivity index (χ1n) is 6.46. The second kappa shape index (κ2) is 6.49. The molecule has 2 rings (SSSR count). The second-order valence-electron chi connectivity index (χ2n) is 4.86. The summed E-state index contributed by atoms with van der Waals surface area (Å²) in [5.74, 6) is 0.822. The zero-order chi connectivity index (χ0) is 15.4. The number of aromatic nitrogens is 2. The topological polar surface area (TPSA) is 81.0 Å². The molecule has 0 aliphatic carbocycles. The predicted octanol–water partition coefficient (Wildman–Crippen LogP) is 3.77. The van der Waals surface area contributed by atoms with Gasteiger partial charge in [-0.05, 0) is 11.5 Å². The lowest BCUT2D eigenvalue weighted by atomic mass is 10.1. The number of benzene rings is 1. The fourth-order valence-corrected chi connectivity index (χ4v) is 2.34. The molecule has 2 aromatic rings. The smallest absolute Gasteiger partial charge is 0.269 e. The van der Waals surface area contributed by atoms with Crippen molar-refractivity contribution in [2.24, 2.45) is 0 Å². The third kappa shape index (κ3) is 3.66. The van der Waals surface area contributed by atoms with Gasteiger partial charge in [-0.2, -0.15) is 0 Å². The van der Waals surface area contributed by atoms with Crippen molar-refractivity contribution < 1.29 is 4.92 Å². The van der Waals surface area contributed by atoms with E-state index in [9.17, 15) is 10.1 Å². The summed E-state index contributed by atoms with van der Waals surface area (Å²) in [4.78, 5) is 18.5. The van der Waals surface area contributed by atoms with Gasteiger partial charge in [-0.1, -0.05) is 37.6 Å². The molecule has 1 aromatic heterocycles. The Balaban J connectivity index is 2.19. The largest absolute Gasteiger partial charge is 0.366 e. The first kappa shape index (κ1) is 15.2. The summed E-state index contributed by atoms with van der Waals surface area (Å²) in [5.41, 5.74) is 1.71. The fourth-order valence-electron chi connectivity index (χ4n) is 1.99. The van der Waals surface area contributed by atoms with Crippen LogP contribution in [0.2, 0.25) is 5.15 Å². The van der Waals surface area contributed by atoms with Crippen LogP contribution in [0.1, 0.15) is 30.9 Å². The molecule has 1 N–H and O–H groups in total. The van der Waals surface area contributed by atoms with E-state index in [2.05, 4.69) is 15.3 Å². The number of non-ortho nitro benzene ring substituents is 1. The minimum Gasteiger partial charge on any atom is -0.366 e. The monoisotopic (exact) mass is 306 g/mol. The Kier molecular flexibility index (Phi) is 4.70. The number of nitrogens with one attached hydrogen (secondary N) is 1. The molecule has 21 heavy (non-hydrogen) atoms. The number of rotatable bonds is 5. The quantitative estimate of drug-likeness (QED) is 0.516. The van der Waals surface area contributed by atoms with E-state index >= 15 is 0 Å². The number of nitrogens with zero attached hydrogens (tertiary/aromatic N) is 3. The van der Waals surface area contributed by atoms with E-state index < -0.39 is 4.92 Å². The van der Waals surface area contributed by atoms with Crippen LogP contribution < -0.4 is 5.32 Å². The maximum atomic E-state index is 10.8. The zero-order valence-electron chi connectivity index (χ0n) is 11.7. The lowest BCUT2D eigenvalue weighted by Crippen LogP contribution is -2.07. The van der Waals surface area contributed by atoms with Crippen LogP contribution in [0.25, 0.3) is 0 Å². The first-order valence-corrected chi connectivity index (χ1v) is 6.84. The molecule has 0 atom stereocenters. The van der Waals surface area contributed by atoms with Crippen molar-refractivity contribution in [3.63, 3.8) is 0 Å². The molecular weight excluding hydrogens is 292 g/mol. The zero-order valence-corrected chi connectivity index (χ0v) is 12.5. The molecule has 7 heteroatoms. The van der Waals surface area contributed by atoms with Crippen LogP contribution in [0.5, 0.6) is 0 Å². The Bertz CT molecular complexity index is 661. The minimum atomic E-state index is -0.412. The van der Waals surface area contributed by atoms with Gasteiger partial charge in [0.2, 0.25) is 0 Å². The van der Waals surface area contributed by atoms with Gasteiger partial charge in [0.05, 0.1) is 4.92 Å². The molecule has 0 spiro atoms. The molecule has 0 amide bonds. The van der Waals surface area contributed by atoms with Crippen molar-refractivity contribution in [2.45, 2.75) is 26.3 Å². The molecule has 0 aliphatic heterocycles. The van der Waals surface area contributed by atoms with Crippen LogP contribution in [-0.2, 0) is 6.54 Å². The number of halogens is 1. The molecule has 0 fully saturated rings. The molecular formula is C14H15ClN4O2. The van der Waals surface area contributed by atoms with Crippen LogP contribution in [0, 0.1) is 10.1 Å². The first-order chi connectivity index (χ1) is 9.99. The van der Waals surface area contributed by atoms with Crippen molar-refractivity contribution in [1.82, 2.24) is 9.97 Å². The third-order valence-corrected chi connectivity index (χ3v) is 3.30. The minimum absolute atomic E-state index is 0.0686. The Hall–Kier alpha value is -2.21. The van der Waals surface area contributed by atoms with E-state index in [4.69, 9.17) is 11.6 Å². The average molecular weight is 307 g/mol. The SMILES string of the molecule is CC(C)c1c(Cl)ncnc1NCc1cccc([N+](=O)[O-])c1. The number of anilines is 1. The molecule has 0 radical (unpaired) electrons. The van der Waals surface area contributed by atoms with Gasteiger partial charge in [-0.15, -0.1) is 0 Å². The molecule has 1 heterocycles. The molecule has 0 saturated heterocycles. The van der Waals surface area contributed by atoms with Crippen LogP contribution in [0.3, 0.4) is 0 Å². The van der Waals surface area contributed by atoms with E-state index in [1.807, 2.05) is 19.9 Å².